The topological polar surface area (TPSA) is 106 Å². The zero-order chi connectivity index (χ0) is 21.7. The molecule has 6 nitrogen and oxygen atoms in total. The lowest BCUT2D eigenvalue weighted by Crippen LogP contribution is -2.17. The van der Waals surface area contributed by atoms with Crippen LogP contribution in [0.2, 0.25) is 0 Å². The Kier molecular flexibility index (Phi) is 6.45. The van der Waals surface area contributed by atoms with Gasteiger partial charge in [0.15, 0.2) is 0 Å². The molecule has 30 heavy (non-hydrogen) atoms. The van der Waals surface area contributed by atoms with Crippen LogP contribution in [-0.2, 0) is 0 Å². The van der Waals surface area contributed by atoms with Crippen LogP contribution < -0.4 is 5.43 Å². The second kappa shape index (κ2) is 9.21. The Morgan fingerprint density at radius 1 is 1.17 bits per heavy atom. The second-order valence-electron chi connectivity index (χ2n) is 7.48. The van der Waals surface area contributed by atoms with Gasteiger partial charge in [0.25, 0.3) is 5.91 Å². The predicted octanol–water partition coefficient (Wildman–Crippen LogP) is 4.26. The molecule has 0 aromatic heterocycles. The normalized spacial score (nSPS) is 12.2. The summed E-state index contributed by atoms with van der Waals surface area (Å²) in [6.45, 7) is 4.14. The summed E-state index contributed by atoms with van der Waals surface area (Å²) in [4.78, 5) is 12.3. The van der Waals surface area contributed by atoms with Crippen molar-refractivity contribution in [3.8, 4) is 11.8 Å². The number of hydrogen-bond donors (Lipinski definition) is 3. The first-order valence-corrected chi connectivity index (χ1v) is 9.67. The van der Waals surface area contributed by atoms with Crippen molar-refractivity contribution >= 4 is 22.9 Å². The lowest BCUT2D eigenvalue weighted by molar-refractivity contribution is 0.0955. The Morgan fingerprint density at radius 2 is 1.90 bits per heavy atom. The number of aromatic hydroxyl groups is 1. The van der Waals surface area contributed by atoms with Crippen molar-refractivity contribution in [2.24, 2.45) is 11.0 Å². The molecule has 0 aliphatic heterocycles. The van der Waals surface area contributed by atoms with Gasteiger partial charge in [-0.1, -0.05) is 50.2 Å². The zero-order valence-corrected chi connectivity index (χ0v) is 16.8. The third kappa shape index (κ3) is 4.65. The molecule has 0 saturated carbocycles. The van der Waals surface area contributed by atoms with E-state index in [9.17, 15) is 15.0 Å². The zero-order valence-electron chi connectivity index (χ0n) is 16.8. The lowest BCUT2D eigenvalue weighted by atomic mass is 9.93. The van der Waals surface area contributed by atoms with Gasteiger partial charge in [0.1, 0.15) is 11.8 Å². The van der Waals surface area contributed by atoms with Crippen molar-refractivity contribution in [2.75, 3.05) is 0 Å². The van der Waals surface area contributed by atoms with Crippen molar-refractivity contribution in [2.45, 2.75) is 26.4 Å². The van der Waals surface area contributed by atoms with E-state index in [2.05, 4.69) is 24.4 Å². The monoisotopic (exact) mass is 401 g/mol. The molecule has 1 unspecified atom stereocenters. The number of nitriles is 1. The van der Waals surface area contributed by atoms with Gasteiger partial charge in [0, 0.05) is 11.1 Å². The first kappa shape index (κ1) is 21.0. The maximum absolute atomic E-state index is 12.3. The molecule has 0 fully saturated rings. The number of nitrogens with zero attached hydrogens (tertiary/aromatic N) is 2. The number of hydrazone groups is 1. The highest BCUT2D eigenvalue weighted by Gasteiger charge is 2.14. The number of amides is 1. The standard InChI is InChI=1S/C24H23N3O3/c1-15(2)11-23(29)21-9-7-17(19-5-3-4-6-20(19)21)14-26-27-24(30)16-8-10-22(28)18(12-16)13-25/h3-10,12,14-15,23,28-29H,11H2,1-2H3,(H,27,30). The number of carbonyl (C=O) groups is 1. The van der Waals surface area contributed by atoms with Crippen molar-refractivity contribution < 1.29 is 15.0 Å². The molecule has 3 aromatic carbocycles. The maximum Gasteiger partial charge on any atom is 0.271 e. The van der Waals surface area contributed by atoms with Gasteiger partial charge in [-0.2, -0.15) is 10.4 Å². The van der Waals surface area contributed by atoms with Crippen molar-refractivity contribution in [1.82, 2.24) is 5.43 Å². The van der Waals surface area contributed by atoms with Crippen LogP contribution in [0.3, 0.4) is 0 Å². The average molecular weight is 401 g/mol. The first-order chi connectivity index (χ1) is 14.4. The molecule has 0 radical (unpaired) electrons. The van der Waals surface area contributed by atoms with Gasteiger partial charge in [-0.15, -0.1) is 0 Å². The van der Waals surface area contributed by atoms with Gasteiger partial charge < -0.3 is 10.2 Å². The summed E-state index contributed by atoms with van der Waals surface area (Å²) in [5.41, 5.74) is 4.35. The summed E-state index contributed by atoms with van der Waals surface area (Å²) in [6, 6.07) is 17.4. The van der Waals surface area contributed by atoms with Gasteiger partial charge >= 0.3 is 0 Å². The van der Waals surface area contributed by atoms with E-state index in [4.69, 9.17) is 5.26 Å². The van der Waals surface area contributed by atoms with E-state index in [0.29, 0.717) is 12.3 Å². The van der Waals surface area contributed by atoms with Crippen LogP contribution in [0.4, 0.5) is 0 Å². The van der Waals surface area contributed by atoms with E-state index < -0.39 is 12.0 Å². The van der Waals surface area contributed by atoms with Gasteiger partial charge in [0.2, 0.25) is 0 Å². The van der Waals surface area contributed by atoms with E-state index in [0.717, 1.165) is 21.9 Å². The number of hydrogen-bond acceptors (Lipinski definition) is 5. The second-order valence-corrected chi connectivity index (χ2v) is 7.48. The molecule has 3 N–H and O–H groups in total. The van der Waals surface area contributed by atoms with E-state index in [-0.39, 0.29) is 16.9 Å². The molecule has 1 atom stereocenters. The van der Waals surface area contributed by atoms with E-state index in [1.807, 2.05) is 42.5 Å². The number of aliphatic hydroxyl groups excluding tert-OH is 1. The van der Waals surface area contributed by atoms with E-state index in [1.54, 1.807) is 6.21 Å². The molecular formula is C24H23N3O3. The highest BCUT2D eigenvalue weighted by atomic mass is 16.3. The van der Waals surface area contributed by atoms with Crippen LogP contribution in [0.1, 0.15) is 53.4 Å². The molecular weight excluding hydrogens is 378 g/mol. The Hall–Kier alpha value is -3.69. The largest absolute Gasteiger partial charge is 0.507 e. The van der Waals surface area contributed by atoms with Crippen LogP contribution in [-0.4, -0.2) is 22.3 Å². The third-order valence-corrected chi connectivity index (χ3v) is 4.79. The smallest absolute Gasteiger partial charge is 0.271 e. The minimum atomic E-state index is -0.551. The molecule has 152 valence electrons. The highest BCUT2D eigenvalue weighted by molar-refractivity contribution is 6.02. The fraction of sp³-hybridized carbons (Fsp3) is 0.208. The third-order valence-electron chi connectivity index (χ3n) is 4.79. The van der Waals surface area contributed by atoms with E-state index >= 15 is 0 Å². The molecule has 3 rings (SSSR count). The number of aliphatic hydroxyl groups is 1. The van der Waals surface area contributed by atoms with Gasteiger partial charge in [0.05, 0.1) is 17.9 Å². The predicted molar refractivity (Wildman–Crippen MR) is 116 cm³/mol. The van der Waals surface area contributed by atoms with Crippen LogP contribution in [0.25, 0.3) is 10.8 Å². The number of fused-ring (bicyclic) bond motifs is 1. The Balaban J connectivity index is 1.83. The molecule has 0 spiro atoms. The fourth-order valence-corrected chi connectivity index (χ4v) is 3.31. The van der Waals surface area contributed by atoms with Crippen molar-refractivity contribution in [3.63, 3.8) is 0 Å². The Labute approximate surface area is 175 Å². The molecule has 6 heteroatoms. The molecule has 0 heterocycles. The summed E-state index contributed by atoms with van der Waals surface area (Å²) in [6.07, 6.45) is 1.67. The molecule has 0 aliphatic carbocycles. The van der Waals surface area contributed by atoms with Crippen LogP contribution >= 0.6 is 0 Å². The number of rotatable bonds is 6. The fourth-order valence-electron chi connectivity index (χ4n) is 3.31. The quantitative estimate of drug-likeness (QED) is 0.424. The number of nitrogens with one attached hydrogen (secondary N) is 1. The average Bonchev–Trinajstić information content (AvgIpc) is 2.73. The van der Waals surface area contributed by atoms with Gasteiger partial charge in [-0.3, -0.25) is 4.79 Å². The van der Waals surface area contributed by atoms with Crippen molar-refractivity contribution in [1.29, 1.82) is 5.26 Å². The molecule has 0 aliphatic rings. The minimum absolute atomic E-state index is 0.0215. The summed E-state index contributed by atoms with van der Waals surface area (Å²) in [5, 5.41) is 35.0. The molecule has 1 amide bonds. The summed E-state index contributed by atoms with van der Waals surface area (Å²) < 4.78 is 0. The molecule has 0 bridgehead atoms. The summed E-state index contributed by atoms with van der Waals surface area (Å²) in [7, 11) is 0. The molecule has 0 saturated heterocycles. The summed E-state index contributed by atoms with van der Waals surface area (Å²) in [5.74, 6) is -0.295. The van der Waals surface area contributed by atoms with Crippen molar-refractivity contribution in [3.05, 3.63) is 76.9 Å². The molecule has 3 aromatic rings. The van der Waals surface area contributed by atoms with Crippen LogP contribution in [0, 0.1) is 17.2 Å². The van der Waals surface area contributed by atoms with Gasteiger partial charge in [-0.05, 0) is 46.9 Å². The number of benzene rings is 3. The van der Waals surface area contributed by atoms with Crippen LogP contribution in [0.5, 0.6) is 5.75 Å². The minimum Gasteiger partial charge on any atom is -0.507 e. The number of carbonyl (C=O) groups excluding carboxylic acids is 1. The highest BCUT2D eigenvalue weighted by Crippen LogP contribution is 2.30. The Bertz CT molecular complexity index is 1150. The maximum atomic E-state index is 12.3. The number of phenols is 1. The SMILES string of the molecule is CC(C)CC(O)c1ccc(C=NNC(=O)c2ccc(O)c(C#N)c2)c2ccccc12. The van der Waals surface area contributed by atoms with Crippen LogP contribution in [0.15, 0.2) is 59.7 Å². The summed E-state index contributed by atoms with van der Waals surface area (Å²) >= 11 is 0. The van der Waals surface area contributed by atoms with E-state index in [1.165, 1.54) is 18.2 Å². The lowest BCUT2D eigenvalue weighted by Gasteiger charge is -2.16. The Morgan fingerprint density at radius 3 is 2.60 bits per heavy atom. The number of phenolic OH excluding ortho intramolecular Hbond substituents is 1. The first-order valence-electron chi connectivity index (χ1n) is 9.67. The van der Waals surface area contributed by atoms with Gasteiger partial charge in [-0.25, -0.2) is 5.43 Å².